The van der Waals surface area contributed by atoms with Gasteiger partial charge in [-0.15, -0.1) is 5.16 Å². The van der Waals surface area contributed by atoms with Crippen LogP contribution in [0, 0.1) is 0 Å². The molecule has 0 spiro atoms. The molecule has 3 heteroatoms. The number of hydrogen-bond acceptors (Lipinski definition) is 2. The zero-order valence-electron chi connectivity index (χ0n) is 8.76. The quantitative estimate of drug-likeness (QED) is 0.355. The van der Waals surface area contributed by atoms with Crippen LogP contribution in [0.3, 0.4) is 0 Å². The van der Waals surface area contributed by atoms with Crippen LogP contribution in [-0.2, 0) is 4.53 Å². The van der Waals surface area contributed by atoms with E-state index < -0.39 is 8.32 Å². The van der Waals surface area contributed by atoms with Crippen LogP contribution >= 0.6 is 0 Å². The largest absolute Gasteiger partial charge is 0.455 e. The summed E-state index contributed by atoms with van der Waals surface area (Å²) in [5.74, 6) is 0. The Balaban J connectivity index is 4.01. The van der Waals surface area contributed by atoms with Gasteiger partial charge in [-0.3, -0.25) is 0 Å². The highest BCUT2D eigenvalue weighted by atomic mass is 28.4. The number of hydrogen-bond donors (Lipinski definition) is 0. The molecule has 0 amide bonds. The molecule has 0 aromatic rings. The maximum Gasteiger partial charge on any atom is 0.286 e. The van der Waals surface area contributed by atoms with E-state index in [-0.39, 0.29) is 0 Å². The van der Waals surface area contributed by atoms with Gasteiger partial charge in [0.15, 0.2) is 0 Å². The molecule has 0 bridgehead atoms. The standard InChI is InChI=1S/C9H21NOSi/c1-5-9-10-11-12(6-2,7-3)8-4/h9H,5-8H2,1-4H3. The predicted molar refractivity (Wildman–Crippen MR) is 57.1 cm³/mol. The van der Waals surface area contributed by atoms with Crippen LogP contribution in [-0.4, -0.2) is 14.5 Å². The van der Waals surface area contributed by atoms with Crippen molar-refractivity contribution in [3.63, 3.8) is 0 Å². The summed E-state index contributed by atoms with van der Waals surface area (Å²) in [5, 5.41) is 4.01. The van der Waals surface area contributed by atoms with Crippen molar-refractivity contribution in [2.45, 2.75) is 52.2 Å². The van der Waals surface area contributed by atoms with Gasteiger partial charge < -0.3 is 4.53 Å². The van der Waals surface area contributed by atoms with Crippen molar-refractivity contribution in [1.29, 1.82) is 0 Å². The second-order valence-corrected chi connectivity index (χ2v) is 7.70. The fourth-order valence-electron chi connectivity index (χ4n) is 1.17. The third-order valence-electron chi connectivity index (χ3n) is 2.44. The summed E-state index contributed by atoms with van der Waals surface area (Å²) in [6.45, 7) is 8.70. The van der Waals surface area contributed by atoms with Crippen molar-refractivity contribution in [1.82, 2.24) is 0 Å². The lowest BCUT2D eigenvalue weighted by molar-refractivity contribution is 0.323. The topological polar surface area (TPSA) is 21.6 Å². The smallest absolute Gasteiger partial charge is 0.286 e. The molecule has 0 rings (SSSR count). The highest BCUT2D eigenvalue weighted by molar-refractivity contribution is 6.73. The van der Waals surface area contributed by atoms with Gasteiger partial charge in [0.25, 0.3) is 8.32 Å². The van der Waals surface area contributed by atoms with E-state index in [4.69, 9.17) is 4.53 Å². The van der Waals surface area contributed by atoms with Gasteiger partial charge in [0, 0.05) is 6.21 Å². The van der Waals surface area contributed by atoms with Crippen molar-refractivity contribution in [2.24, 2.45) is 5.16 Å². The summed E-state index contributed by atoms with van der Waals surface area (Å²) >= 11 is 0. The maximum atomic E-state index is 5.63. The normalized spacial score (nSPS) is 12.3. The molecule has 0 radical (unpaired) electrons. The van der Waals surface area contributed by atoms with Crippen molar-refractivity contribution >= 4 is 14.5 Å². The number of oxime groups is 1. The van der Waals surface area contributed by atoms with Crippen LogP contribution in [0.4, 0.5) is 0 Å². The molecule has 2 nitrogen and oxygen atoms in total. The monoisotopic (exact) mass is 187 g/mol. The Morgan fingerprint density at radius 1 is 1.08 bits per heavy atom. The third kappa shape index (κ3) is 3.39. The fraction of sp³-hybridized carbons (Fsp3) is 0.889. The van der Waals surface area contributed by atoms with Gasteiger partial charge >= 0.3 is 0 Å². The Bertz CT molecular complexity index is 124. The molecule has 0 aromatic carbocycles. The first-order valence-corrected chi connectivity index (χ1v) is 7.47. The van der Waals surface area contributed by atoms with E-state index >= 15 is 0 Å². The van der Waals surface area contributed by atoms with Crippen LogP contribution in [0.15, 0.2) is 5.16 Å². The Morgan fingerprint density at radius 3 is 1.92 bits per heavy atom. The molecule has 0 fully saturated rings. The lowest BCUT2D eigenvalue weighted by Crippen LogP contribution is -2.33. The van der Waals surface area contributed by atoms with Crippen molar-refractivity contribution in [2.75, 3.05) is 0 Å². The van der Waals surface area contributed by atoms with E-state index in [1.54, 1.807) is 0 Å². The summed E-state index contributed by atoms with van der Waals surface area (Å²) in [5.41, 5.74) is 0. The average molecular weight is 187 g/mol. The van der Waals surface area contributed by atoms with Gasteiger partial charge in [-0.25, -0.2) is 0 Å². The molecule has 0 N–H and O–H groups in total. The van der Waals surface area contributed by atoms with Crippen LogP contribution in [0.1, 0.15) is 34.1 Å². The molecule has 0 heterocycles. The molecule has 0 aliphatic heterocycles. The Morgan fingerprint density at radius 2 is 1.58 bits per heavy atom. The van der Waals surface area contributed by atoms with Gasteiger partial charge in [-0.1, -0.05) is 27.7 Å². The van der Waals surface area contributed by atoms with Crippen molar-refractivity contribution in [3.8, 4) is 0 Å². The van der Waals surface area contributed by atoms with Gasteiger partial charge in [-0.2, -0.15) is 0 Å². The van der Waals surface area contributed by atoms with E-state index in [2.05, 4.69) is 32.9 Å². The van der Waals surface area contributed by atoms with Crippen molar-refractivity contribution < 1.29 is 4.53 Å². The minimum Gasteiger partial charge on any atom is -0.455 e. The molecule has 12 heavy (non-hydrogen) atoms. The number of nitrogens with zero attached hydrogens (tertiary/aromatic N) is 1. The zero-order valence-corrected chi connectivity index (χ0v) is 9.76. The molecule has 0 aliphatic carbocycles. The summed E-state index contributed by atoms with van der Waals surface area (Å²) in [6, 6.07) is 3.50. The molecule has 0 aliphatic rings. The molecule has 72 valence electrons. The second-order valence-electron chi connectivity index (χ2n) is 3.03. The SMILES string of the molecule is CCC=NO[Si](CC)(CC)CC. The Kier molecular flexibility index (Phi) is 6.07. The zero-order chi connectivity index (χ0) is 9.45. The van der Waals surface area contributed by atoms with E-state index in [9.17, 15) is 0 Å². The average Bonchev–Trinajstić information content (AvgIpc) is 2.14. The highest BCUT2D eigenvalue weighted by Gasteiger charge is 2.31. The molecule has 0 saturated carbocycles. The fourth-order valence-corrected chi connectivity index (χ4v) is 3.35. The summed E-state index contributed by atoms with van der Waals surface area (Å²) in [7, 11) is -1.45. The minimum atomic E-state index is -1.45. The van der Waals surface area contributed by atoms with Crippen LogP contribution < -0.4 is 0 Å². The first-order chi connectivity index (χ1) is 5.74. The molecule has 0 atom stereocenters. The number of rotatable bonds is 6. The molecule has 0 aromatic heterocycles. The lowest BCUT2D eigenvalue weighted by atomic mass is 10.6. The molecule has 0 unspecified atom stereocenters. The van der Waals surface area contributed by atoms with Gasteiger partial charge in [0.05, 0.1) is 0 Å². The third-order valence-corrected chi connectivity index (χ3v) is 6.80. The van der Waals surface area contributed by atoms with Gasteiger partial charge in [0.1, 0.15) is 0 Å². The Hall–Kier alpha value is -0.313. The first kappa shape index (κ1) is 11.7. The van der Waals surface area contributed by atoms with E-state index in [0.717, 1.165) is 6.42 Å². The van der Waals surface area contributed by atoms with E-state index in [1.807, 2.05) is 6.21 Å². The highest BCUT2D eigenvalue weighted by Crippen LogP contribution is 2.21. The van der Waals surface area contributed by atoms with Crippen LogP contribution in [0.2, 0.25) is 18.1 Å². The predicted octanol–water partition coefficient (Wildman–Crippen LogP) is 3.40. The molecule has 0 saturated heterocycles. The maximum absolute atomic E-state index is 5.63. The van der Waals surface area contributed by atoms with Gasteiger partial charge in [-0.05, 0) is 24.6 Å². The molecular weight excluding hydrogens is 166 g/mol. The molecular formula is C9H21NOSi. The summed E-state index contributed by atoms with van der Waals surface area (Å²) < 4.78 is 5.63. The van der Waals surface area contributed by atoms with Crippen LogP contribution in [0.5, 0.6) is 0 Å². The van der Waals surface area contributed by atoms with E-state index in [1.165, 1.54) is 18.1 Å². The van der Waals surface area contributed by atoms with Crippen LogP contribution in [0.25, 0.3) is 0 Å². The first-order valence-electron chi connectivity index (χ1n) is 4.94. The summed E-state index contributed by atoms with van der Waals surface area (Å²) in [4.78, 5) is 0. The minimum absolute atomic E-state index is 0.960. The summed E-state index contributed by atoms with van der Waals surface area (Å²) in [6.07, 6.45) is 2.81. The van der Waals surface area contributed by atoms with E-state index in [0.29, 0.717) is 0 Å². The second kappa shape index (κ2) is 6.23. The van der Waals surface area contributed by atoms with Gasteiger partial charge in [0.2, 0.25) is 0 Å². The van der Waals surface area contributed by atoms with Crippen molar-refractivity contribution in [3.05, 3.63) is 0 Å². The Labute approximate surface area is 77.1 Å². The lowest BCUT2D eigenvalue weighted by Gasteiger charge is -2.23.